The minimum Gasteiger partial charge on any atom is -0.497 e. The van der Waals surface area contributed by atoms with E-state index >= 15 is 0 Å². The van der Waals surface area contributed by atoms with Crippen LogP contribution >= 0.6 is 0 Å². The zero-order valence-electron chi connectivity index (χ0n) is 16.5. The summed E-state index contributed by atoms with van der Waals surface area (Å²) in [5.41, 5.74) is 8.04. The van der Waals surface area contributed by atoms with Crippen LogP contribution in [0.5, 0.6) is 5.75 Å². The average molecular weight is 392 g/mol. The summed E-state index contributed by atoms with van der Waals surface area (Å²) in [6, 6.07) is 18.1. The molecule has 0 atom stereocenters. The van der Waals surface area contributed by atoms with Gasteiger partial charge >= 0.3 is 0 Å². The minimum absolute atomic E-state index is 0.225. The van der Waals surface area contributed by atoms with Crippen molar-refractivity contribution in [1.82, 2.24) is 15.0 Å². The zero-order valence-corrected chi connectivity index (χ0v) is 16.5. The van der Waals surface area contributed by atoms with Crippen molar-refractivity contribution in [3.05, 3.63) is 60.4 Å². The van der Waals surface area contributed by atoms with Crippen molar-refractivity contribution >= 4 is 23.3 Å². The molecule has 0 bridgehead atoms. The van der Waals surface area contributed by atoms with Crippen LogP contribution < -0.4 is 25.6 Å². The van der Waals surface area contributed by atoms with Crippen LogP contribution in [0.15, 0.2) is 54.6 Å². The van der Waals surface area contributed by atoms with Gasteiger partial charge in [0.2, 0.25) is 11.9 Å². The summed E-state index contributed by atoms with van der Waals surface area (Å²) in [5, 5.41) is 3.19. The van der Waals surface area contributed by atoms with E-state index in [1.54, 1.807) is 7.11 Å². The number of hydrogen-bond acceptors (Lipinski definition) is 7. The van der Waals surface area contributed by atoms with E-state index in [2.05, 4.69) is 49.4 Å². The van der Waals surface area contributed by atoms with Crippen LogP contribution in [0.25, 0.3) is 0 Å². The van der Waals surface area contributed by atoms with Crippen LogP contribution in [0.2, 0.25) is 0 Å². The van der Waals surface area contributed by atoms with Crippen molar-refractivity contribution in [2.75, 3.05) is 49.2 Å². The van der Waals surface area contributed by atoms with Crippen molar-refractivity contribution < 1.29 is 9.64 Å². The number of nitrogens with one attached hydrogen (secondary N) is 2. The van der Waals surface area contributed by atoms with Crippen molar-refractivity contribution in [1.29, 1.82) is 0 Å². The van der Waals surface area contributed by atoms with Crippen LogP contribution in [-0.2, 0) is 6.54 Å². The molecule has 0 aliphatic carbocycles. The van der Waals surface area contributed by atoms with E-state index in [4.69, 9.17) is 10.5 Å². The van der Waals surface area contributed by atoms with Crippen molar-refractivity contribution in [3.8, 4) is 5.75 Å². The molecule has 4 N–H and O–H groups in total. The molecule has 0 radical (unpaired) electrons. The first-order valence-electron chi connectivity index (χ1n) is 9.75. The monoisotopic (exact) mass is 392 g/mol. The highest BCUT2D eigenvalue weighted by atomic mass is 16.5. The van der Waals surface area contributed by atoms with Gasteiger partial charge < -0.3 is 25.6 Å². The predicted octanol–water partition coefficient (Wildman–Crippen LogP) is 1.11. The molecule has 1 fully saturated rings. The number of hydrogen-bond donors (Lipinski definition) is 3. The van der Waals surface area contributed by atoms with Crippen LogP contribution in [0, 0.1) is 0 Å². The van der Waals surface area contributed by atoms with Gasteiger partial charge in [-0.25, -0.2) is 0 Å². The highest BCUT2D eigenvalue weighted by Gasteiger charge is 2.21. The number of nitrogen functional groups attached to an aromatic ring is 1. The third-order valence-electron chi connectivity index (χ3n) is 5.02. The summed E-state index contributed by atoms with van der Waals surface area (Å²) in [7, 11) is 1.64. The maximum atomic E-state index is 5.93. The Hall–Kier alpha value is -3.39. The van der Waals surface area contributed by atoms with E-state index in [-0.39, 0.29) is 5.95 Å². The summed E-state index contributed by atoms with van der Waals surface area (Å²) in [6.07, 6.45) is 0. The summed E-state index contributed by atoms with van der Waals surface area (Å²) in [4.78, 5) is 17.0. The van der Waals surface area contributed by atoms with Crippen LogP contribution in [0.3, 0.4) is 0 Å². The third kappa shape index (κ3) is 4.91. The van der Waals surface area contributed by atoms with Gasteiger partial charge in [-0.2, -0.15) is 15.0 Å². The van der Waals surface area contributed by atoms with Gasteiger partial charge in [0, 0.05) is 17.4 Å². The number of nitrogens with two attached hydrogens (primary N) is 1. The zero-order chi connectivity index (χ0) is 20.1. The maximum Gasteiger partial charge on any atom is 0.232 e. The minimum atomic E-state index is 0.225. The van der Waals surface area contributed by atoms with Gasteiger partial charge in [-0.1, -0.05) is 24.3 Å². The molecule has 4 rings (SSSR count). The fourth-order valence-corrected chi connectivity index (χ4v) is 3.52. The molecule has 1 aliphatic heterocycles. The van der Waals surface area contributed by atoms with Crippen molar-refractivity contribution in [2.24, 2.45) is 0 Å². The Balaban J connectivity index is 1.39. The fourth-order valence-electron chi connectivity index (χ4n) is 3.52. The predicted molar refractivity (Wildman–Crippen MR) is 114 cm³/mol. The standard InChI is InChI=1S/C21H25N7O/c1-29-18-9-5-6-16(14-18)23-21-25-19(24-20(22)26-21)15-27-10-12-28(13-11-27)17-7-3-2-4-8-17/h2-9,14H,10-13,15H2,1H3,(H3,22,23,24,25,26)/p+1. The van der Waals surface area contributed by atoms with Gasteiger partial charge in [0.1, 0.15) is 12.3 Å². The Morgan fingerprint density at radius 3 is 2.59 bits per heavy atom. The van der Waals surface area contributed by atoms with E-state index in [0.29, 0.717) is 11.8 Å². The lowest BCUT2D eigenvalue weighted by Crippen LogP contribution is -3.13. The van der Waals surface area contributed by atoms with E-state index in [1.165, 1.54) is 10.6 Å². The highest BCUT2D eigenvalue weighted by molar-refractivity contribution is 5.56. The maximum absolute atomic E-state index is 5.93. The number of ether oxygens (including phenoxy) is 1. The molecule has 1 aliphatic rings. The van der Waals surface area contributed by atoms with Crippen LogP contribution in [-0.4, -0.2) is 48.2 Å². The van der Waals surface area contributed by atoms with Crippen molar-refractivity contribution in [3.63, 3.8) is 0 Å². The smallest absolute Gasteiger partial charge is 0.232 e. The molecule has 8 nitrogen and oxygen atoms in total. The molecule has 0 saturated carbocycles. The third-order valence-corrected chi connectivity index (χ3v) is 5.02. The number of nitrogens with zero attached hydrogens (tertiary/aromatic N) is 4. The number of methoxy groups -OCH3 is 1. The Bertz CT molecular complexity index is 943. The number of aromatic nitrogens is 3. The van der Waals surface area contributed by atoms with E-state index in [1.807, 2.05) is 30.3 Å². The van der Waals surface area contributed by atoms with Crippen LogP contribution in [0.4, 0.5) is 23.3 Å². The lowest BCUT2D eigenvalue weighted by atomic mass is 10.2. The highest BCUT2D eigenvalue weighted by Crippen LogP contribution is 2.19. The SMILES string of the molecule is COc1cccc(Nc2nc(N)nc(C[NH+]3CCN(c4ccccc4)CC3)n2)c1. The summed E-state index contributed by atoms with van der Waals surface area (Å²) < 4.78 is 5.26. The molecular formula is C21H26N7O+. The molecule has 8 heteroatoms. The van der Waals surface area contributed by atoms with E-state index in [0.717, 1.165) is 44.2 Å². The van der Waals surface area contributed by atoms with Gasteiger partial charge in [0.05, 0.1) is 33.3 Å². The number of para-hydroxylation sites is 1. The molecule has 29 heavy (non-hydrogen) atoms. The Morgan fingerprint density at radius 2 is 1.83 bits per heavy atom. The van der Waals surface area contributed by atoms with E-state index in [9.17, 15) is 0 Å². The molecule has 1 saturated heterocycles. The number of piperazine rings is 1. The first kappa shape index (κ1) is 18.9. The first-order valence-corrected chi connectivity index (χ1v) is 9.75. The molecule has 3 aromatic rings. The van der Waals surface area contributed by atoms with Crippen molar-refractivity contribution in [2.45, 2.75) is 6.54 Å². The molecule has 0 spiro atoms. The number of anilines is 4. The van der Waals surface area contributed by atoms with Gasteiger partial charge in [0.15, 0.2) is 5.82 Å². The normalized spacial score (nSPS) is 14.6. The molecule has 0 unspecified atom stereocenters. The molecule has 1 aromatic heterocycles. The van der Waals surface area contributed by atoms with Gasteiger partial charge in [-0.05, 0) is 24.3 Å². The topological polar surface area (TPSA) is 93.6 Å². The second-order valence-electron chi connectivity index (χ2n) is 7.04. The molecular weight excluding hydrogens is 366 g/mol. The molecule has 2 heterocycles. The van der Waals surface area contributed by atoms with Gasteiger partial charge in [0.25, 0.3) is 0 Å². The molecule has 2 aromatic carbocycles. The first-order chi connectivity index (χ1) is 14.2. The fraction of sp³-hybridized carbons (Fsp3) is 0.286. The number of benzene rings is 2. The molecule has 0 amide bonds. The largest absolute Gasteiger partial charge is 0.497 e. The summed E-state index contributed by atoms with van der Waals surface area (Å²) in [5.74, 6) is 2.13. The quantitative estimate of drug-likeness (QED) is 0.579. The second kappa shape index (κ2) is 8.74. The Labute approximate surface area is 170 Å². The lowest BCUT2D eigenvalue weighted by molar-refractivity contribution is -0.915. The number of quaternary nitrogens is 1. The summed E-state index contributed by atoms with van der Waals surface area (Å²) >= 11 is 0. The van der Waals surface area contributed by atoms with E-state index < -0.39 is 0 Å². The lowest BCUT2D eigenvalue weighted by Gasteiger charge is -2.33. The summed E-state index contributed by atoms with van der Waals surface area (Å²) in [6.45, 7) is 4.80. The second-order valence-corrected chi connectivity index (χ2v) is 7.04. The van der Waals surface area contributed by atoms with Crippen LogP contribution in [0.1, 0.15) is 5.82 Å². The number of rotatable bonds is 6. The van der Waals surface area contributed by atoms with Gasteiger partial charge in [-0.15, -0.1) is 0 Å². The molecule has 150 valence electrons. The Kier molecular flexibility index (Phi) is 5.71. The Morgan fingerprint density at radius 1 is 1.03 bits per heavy atom. The average Bonchev–Trinajstić information content (AvgIpc) is 2.75. The van der Waals surface area contributed by atoms with Gasteiger partial charge in [-0.3, -0.25) is 0 Å².